The number of anilines is 1. The number of aromatic hydroxyl groups is 1. The Balaban J connectivity index is 1.36. The van der Waals surface area contributed by atoms with Crippen molar-refractivity contribution in [2.75, 3.05) is 25.5 Å². The number of hydrogen-bond donors (Lipinski definition) is 3. The van der Waals surface area contributed by atoms with Crippen LogP contribution < -0.4 is 15.6 Å². The average molecular weight is 592 g/mol. The maximum absolute atomic E-state index is 12.9. The van der Waals surface area contributed by atoms with Crippen molar-refractivity contribution in [2.45, 2.75) is 4.21 Å². The van der Waals surface area contributed by atoms with Gasteiger partial charge >= 0.3 is 6.03 Å². The first-order chi connectivity index (χ1) is 18.0. The van der Waals surface area contributed by atoms with Gasteiger partial charge in [-0.15, -0.1) is 11.3 Å². The zero-order chi connectivity index (χ0) is 27.2. The van der Waals surface area contributed by atoms with Crippen LogP contribution in [0.5, 0.6) is 5.88 Å². The van der Waals surface area contributed by atoms with E-state index in [1.807, 2.05) is 28.8 Å². The Kier molecular flexibility index (Phi) is 6.82. The monoisotopic (exact) mass is 591 g/mol. The van der Waals surface area contributed by atoms with E-state index in [1.165, 1.54) is 30.3 Å². The summed E-state index contributed by atoms with van der Waals surface area (Å²) >= 11 is 12.3. The summed E-state index contributed by atoms with van der Waals surface area (Å²) in [6.07, 6.45) is 0. The van der Waals surface area contributed by atoms with E-state index in [-0.39, 0.29) is 25.1 Å². The first kappa shape index (κ1) is 26.0. The summed E-state index contributed by atoms with van der Waals surface area (Å²) in [6.45, 7) is 1.53. The molecule has 4 aromatic rings. The molecule has 2 aromatic heterocycles. The molecule has 0 saturated heterocycles. The van der Waals surface area contributed by atoms with Crippen LogP contribution >= 0.6 is 34.5 Å². The van der Waals surface area contributed by atoms with Crippen molar-refractivity contribution in [2.24, 2.45) is 4.99 Å². The van der Waals surface area contributed by atoms with Gasteiger partial charge in [-0.1, -0.05) is 29.3 Å². The van der Waals surface area contributed by atoms with Crippen LogP contribution in [0.15, 0.2) is 68.6 Å². The largest absolute Gasteiger partial charge is 0.494 e. The van der Waals surface area contributed by atoms with Gasteiger partial charge < -0.3 is 15.3 Å². The van der Waals surface area contributed by atoms with Gasteiger partial charge in [-0.3, -0.25) is 9.79 Å². The third-order valence-electron chi connectivity index (χ3n) is 5.82. The molecule has 0 spiro atoms. The van der Waals surface area contributed by atoms with Crippen molar-refractivity contribution in [3.8, 4) is 11.6 Å². The number of thiophene rings is 1. The van der Waals surface area contributed by atoms with Crippen molar-refractivity contribution in [3.05, 3.63) is 79.9 Å². The third kappa shape index (κ3) is 4.95. The van der Waals surface area contributed by atoms with Crippen LogP contribution in [0.1, 0.15) is 5.56 Å². The fourth-order valence-corrected chi connectivity index (χ4v) is 6.81. The Morgan fingerprint density at radius 1 is 1.11 bits per heavy atom. The smallest absolute Gasteiger partial charge is 0.333 e. The highest BCUT2D eigenvalue weighted by Crippen LogP contribution is 2.34. The van der Waals surface area contributed by atoms with Crippen LogP contribution in [0, 0.1) is 0 Å². The third-order valence-corrected chi connectivity index (χ3v) is 9.49. The van der Waals surface area contributed by atoms with Crippen molar-refractivity contribution in [1.82, 2.24) is 14.2 Å². The van der Waals surface area contributed by atoms with E-state index in [0.29, 0.717) is 23.0 Å². The number of carbonyl (C=O) groups is 1. The Labute approximate surface area is 230 Å². The van der Waals surface area contributed by atoms with Gasteiger partial charge in [0.2, 0.25) is 5.88 Å². The summed E-state index contributed by atoms with van der Waals surface area (Å²) in [5.74, 6) is 0.594. The predicted molar refractivity (Wildman–Crippen MR) is 149 cm³/mol. The van der Waals surface area contributed by atoms with Crippen molar-refractivity contribution in [1.29, 1.82) is 0 Å². The van der Waals surface area contributed by atoms with Gasteiger partial charge in [0.05, 0.1) is 17.3 Å². The molecule has 0 aliphatic carbocycles. The first-order valence-electron chi connectivity index (χ1n) is 11.1. The molecule has 0 saturated carbocycles. The quantitative estimate of drug-likeness (QED) is 0.317. The number of carbonyl (C=O) groups excluding carboxylic acids is 1. The van der Waals surface area contributed by atoms with Crippen LogP contribution in [0.4, 0.5) is 10.5 Å². The molecule has 1 aliphatic heterocycles. The number of nitrogens with zero attached hydrogens (tertiary/aromatic N) is 3. The number of likely N-dealkylation sites (N-methyl/N-ethyl adjacent to an activating group) is 1. The molecule has 10 nitrogen and oxygen atoms in total. The summed E-state index contributed by atoms with van der Waals surface area (Å²) in [6, 6.07) is 12.9. The zero-order valence-corrected chi connectivity index (χ0v) is 22.7. The predicted octanol–water partition coefficient (Wildman–Crippen LogP) is 4.27. The van der Waals surface area contributed by atoms with E-state index in [4.69, 9.17) is 23.2 Å². The average Bonchev–Trinajstić information content (AvgIpc) is 3.44. The number of sulfonamides is 1. The lowest BCUT2D eigenvalue weighted by molar-refractivity contribution is 0.256. The number of amidine groups is 1. The lowest BCUT2D eigenvalue weighted by Crippen LogP contribution is -2.33. The molecule has 0 bridgehead atoms. The summed E-state index contributed by atoms with van der Waals surface area (Å²) in [7, 11) is -2.23. The molecule has 3 N–H and O–H groups in total. The number of hydrogen-bond acceptors (Lipinski definition) is 8. The minimum Gasteiger partial charge on any atom is -0.494 e. The minimum absolute atomic E-state index is 0.0662. The van der Waals surface area contributed by atoms with E-state index in [1.54, 1.807) is 6.07 Å². The molecular weight excluding hydrogens is 573 g/mol. The summed E-state index contributed by atoms with van der Waals surface area (Å²) in [5, 5.41) is 14.5. The van der Waals surface area contributed by atoms with Crippen LogP contribution in [0.25, 0.3) is 16.5 Å². The number of urea groups is 1. The lowest BCUT2D eigenvalue weighted by Gasteiger charge is -2.15. The molecule has 3 heterocycles. The molecule has 5 rings (SSSR count). The van der Waals surface area contributed by atoms with Crippen LogP contribution in [0.3, 0.4) is 0 Å². The van der Waals surface area contributed by atoms with Crippen LogP contribution in [-0.2, 0) is 10.0 Å². The van der Waals surface area contributed by atoms with E-state index in [9.17, 15) is 23.1 Å². The highest BCUT2D eigenvalue weighted by Gasteiger charge is 2.22. The maximum Gasteiger partial charge on any atom is 0.333 e. The van der Waals surface area contributed by atoms with Gasteiger partial charge in [-0.05, 0) is 47.9 Å². The number of amides is 2. The maximum atomic E-state index is 12.9. The second kappa shape index (κ2) is 9.95. The molecule has 2 aromatic carbocycles. The molecule has 0 radical (unpaired) electrons. The van der Waals surface area contributed by atoms with Crippen LogP contribution in [0.2, 0.25) is 9.36 Å². The SMILES string of the molecule is CN1CCN=C1c1ccc2c(O)n(-c3ccc(NC(=O)NS(=O)(=O)c4cc(Cl)c(Cl)s4)cc3)c(=O)cc2c1. The summed E-state index contributed by atoms with van der Waals surface area (Å²) in [5.41, 5.74) is 1.00. The minimum atomic E-state index is -4.18. The summed E-state index contributed by atoms with van der Waals surface area (Å²) in [4.78, 5) is 31.7. The molecule has 14 heteroatoms. The molecule has 1 aliphatic rings. The van der Waals surface area contributed by atoms with Gasteiger partial charge in [-0.2, -0.15) is 0 Å². The number of aromatic nitrogens is 1. The van der Waals surface area contributed by atoms with Gasteiger partial charge in [-0.25, -0.2) is 22.5 Å². The molecule has 0 fully saturated rings. The van der Waals surface area contributed by atoms with E-state index in [0.717, 1.165) is 39.9 Å². The highest BCUT2D eigenvalue weighted by atomic mass is 35.5. The molecular formula is C24H19Cl2N5O5S2. The Hall–Kier alpha value is -3.58. The van der Waals surface area contributed by atoms with Crippen molar-refractivity contribution < 1.29 is 18.3 Å². The Morgan fingerprint density at radius 2 is 1.84 bits per heavy atom. The van der Waals surface area contributed by atoms with E-state index >= 15 is 0 Å². The van der Waals surface area contributed by atoms with E-state index in [2.05, 4.69) is 10.3 Å². The molecule has 0 atom stereocenters. The summed E-state index contributed by atoms with van der Waals surface area (Å²) < 4.78 is 27.7. The second-order valence-corrected chi connectivity index (χ2v) is 12.3. The number of benzene rings is 2. The molecule has 0 unspecified atom stereocenters. The molecule has 196 valence electrons. The number of fused-ring (bicyclic) bond motifs is 1. The fourth-order valence-electron chi connectivity index (χ4n) is 4.02. The van der Waals surface area contributed by atoms with Crippen molar-refractivity contribution in [3.63, 3.8) is 0 Å². The highest BCUT2D eigenvalue weighted by molar-refractivity contribution is 7.92. The standard InChI is InChI=1S/C24H19Cl2N5O5S2/c1-30-9-8-27-22(30)13-2-7-17-14(10-13)11-19(32)31(23(17)33)16-5-3-15(4-6-16)28-24(34)29-38(35,36)20-12-18(25)21(26)37-20/h2-7,10-12,33H,8-9H2,1H3,(H2,28,29,34). The first-order valence-corrected chi connectivity index (χ1v) is 14.1. The number of pyridine rings is 1. The van der Waals surface area contributed by atoms with Gasteiger partial charge in [0.1, 0.15) is 14.4 Å². The van der Waals surface area contributed by atoms with Crippen LogP contribution in [-0.4, -0.2) is 55.0 Å². The Morgan fingerprint density at radius 3 is 2.47 bits per heavy atom. The number of aliphatic imine (C=N–C) groups is 1. The number of nitrogens with one attached hydrogen (secondary N) is 2. The van der Waals surface area contributed by atoms with Gasteiger partial charge in [0, 0.05) is 36.3 Å². The normalized spacial score (nSPS) is 13.6. The van der Waals surface area contributed by atoms with E-state index < -0.39 is 21.6 Å². The second-order valence-electron chi connectivity index (χ2n) is 8.36. The van der Waals surface area contributed by atoms with Crippen molar-refractivity contribution >= 4 is 72.9 Å². The number of halogens is 2. The lowest BCUT2D eigenvalue weighted by atomic mass is 10.1. The fraction of sp³-hybridized carbons (Fsp3) is 0.125. The van der Waals surface area contributed by atoms with Gasteiger partial charge in [0.15, 0.2) is 0 Å². The molecule has 2 amide bonds. The Bertz CT molecular complexity index is 1760. The topological polar surface area (TPSA) is 133 Å². The zero-order valence-electron chi connectivity index (χ0n) is 19.6. The van der Waals surface area contributed by atoms with Gasteiger partial charge in [0.25, 0.3) is 15.6 Å². The number of rotatable bonds is 5. The molecule has 38 heavy (non-hydrogen) atoms.